The van der Waals surface area contributed by atoms with E-state index >= 15 is 0 Å². The molecule has 1 amide bonds. The van der Waals surface area contributed by atoms with Crippen LogP contribution in [0.4, 0.5) is 11.4 Å². The van der Waals surface area contributed by atoms with E-state index < -0.39 is 15.9 Å². The third-order valence-corrected chi connectivity index (χ3v) is 5.76. The van der Waals surface area contributed by atoms with Gasteiger partial charge in [-0.2, -0.15) is 0 Å². The second-order valence-electron chi connectivity index (χ2n) is 6.08. The Hall–Kier alpha value is -2.26. The first-order valence-corrected chi connectivity index (χ1v) is 10.8. The second kappa shape index (κ2) is 7.77. The lowest BCUT2D eigenvalue weighted by atomic mass is 10.2. The normalized spacial score (nSPS) is 13.1. The number of ether oxygens (including phenoxy) is 2. The Balaban J connectivity index is 1.82. The molecule has 0 bridgehead atoms. The number of rotatable bonds is 5. The largest absolute Gasteiger partial charge is 0.486 e. The summed E-state index contributed by atoms with van der Waals surface area (Å²) in [6.45, 7) is 2.34. The van der Waals surface area contributed by atoms with Gasteiger partial charge in [0.15, 0.2) is 11.5 Å². The average molecular weight is 455 g/mol. The molecule has 0 spiro atoms. The predicted molar refractivity (Wildman–Crippen MR) is 107 cm³/mol. The summed E-state index contributed by atoms with van der Waals surface area (Å²) in [6.07, 6.45) is 1.08. The van der Waals surface area contributed by atoms with Gasteiger partial charge in [0.25, 0.3) is 0 Å². The molecule has 1 aliphatic rings. The van der Waals surface area contributed by atoms with Gasteiger partial charge in [-0.05, 0) is 34.5 Å². The van der Waals surface area contributed by atoms with Crippen molar-refractivity contribution < 1.29 is 22.7 Å². The second-order valence-corrected chi connectivity index (χ2v) is 8.84. The minimum absolute atomic E-state index is 0.343. The zero-order chi connectivity index (χ0) is 19.6. The molecule has 0 aromatic heterocycles. The Kier molecular flexibility index (Phi) is 5.61. The Bertz CT molecular complexity index is 978. The molecule has 0 atom stereocenters. The summed E-state index contributed by atoms with van der Waals surface area (Å²) in [4.78, 5) is 12.6. The van der Waals surface area contributed by atoms with Crippen molar-refractivity contribution in [3.05, 3.63) is 46.4 Å². The van der Waals surface area contributed by atoms with E-state index in [-0.39, 0.29) is 6.54 Å². The number of halogens is 1. The van der Waals surface area contributed by atoms with E-state index in [9.17, 15) is 13.2 Å². The van der Waals surface area contributed by atoms with Gasteiger partial charge in [-0.25, -0.2) is 8.42 Å². The minimum atomic E-state index is -3.64. The SMILES string of the molecule is Cc1ccccc1N(CC(=O)Nc1cc2c(cc1Br)OCCO2)S(C)(=O)=O. The number of hydrogen-bond acceptors (Lipinski definition) is 5. The number of hydrogen-bond donors (Lipinski definition) is 1. The number of amides is 1. The van der Waals surface area contributed by atoms with Crippen molar-refractivity contribution >= 4 is 43.2 Å². The Morgan fingerprint density at radius 1 is 1.19 bits per heavy atom. The molecule has 0 saturated carbocycles. The topological polar surface area (TPSA) is 84.9 Å². The maximum atomic E-state index is 12.6. The van der Waals surface area contributed by atoms with E-state index in [1.807, 2.05) is 6.07 Å². The number of sulfonamides is 1. The van der Waals surface area contributed by atoms with Crippen molar-refractivity contribution in [3.63, 3.8) is 0 Å². The number of nitrogens with zero attached hydrogens (tertiary/aromatic N) is 1. The molecule has 3 rings (SSSR count). The number of fused-ring (bicyclic) bond motifs is 1. The van der Waals surface area contributed by atoms with Crippen molar-refractivity contribution in [1.29, 1.82) is 0 Å². The van der Waals surface area contributed by atoms with Crippen LogP contribution in [0.1, 0.15) is 5.56 Å². The molecule has 0 fully saturated rings. The van der Waals surface area contributed by atoms with Gasteiger partial charge in [-0.15, -0.1) is 0 Å². The number of anilines is 2. The number of aryl methyl sites for hydroxylation is 1. The number of carbonyl (C=O) groups excluding carboxylic acids is 1. The highest BCUT2D eigenvalue weighted by atomic mass is 79.9. The fourth-order valence-electron chi connectivity index (χ4n) is 2.70. The van der Waals surface area contributed by atoms with Gasteiger partial charge in [-0.1, -0.05) is 18.2 Å². The van der Waals surface area contributed by atoms with Gasteiger partial charge in [0.2, 0.25) is 15.9 Å². The fourth-order valence-corrected chi connectivity index (χ4v) is 4.04. The van der Waals surface area contributed by atoms with Crippen LogP contribution < -0.4 is 19.1 Å². The summed E-state index contributed by atoms with van der Waals surface area (Å²) in [5, 5.41) is 2.72. The maximum absolute atomic E-state index is 12.6. The summed E-state index contributed by atoms with van der Waals surface area (Å²) < 4.78 is 37.2. The molecule has 1 N–H and O–H groups in total. The molecule has 9 heteroatoms. The zero-order valence-electron chi connectivity index (χ0n) is 14.9. The summed E-state index contributed by atoms with van der Waals surface area (Å²) in [7, 11) is -3.64. The van der Waals surface area contributed by atoms with Gasteiger partial charge >= 0.3 is 0 Å². The first kappa shape index (κ1) is 19.5. The Morgan fingerprint density at radius 2 is 1.81 bits per heavy atom. The van der Waals surface area contributed by atoms with Crippen LogP contribution in [0.3, 0.4) is 0 Å². The number of benzene rings is 2. The van der Waals surface area contributed by atoms with Crippen LogP contribution in [0, 0.1) is 6.92 Å². The van der Waals surface area contributed by atoms with Crippen molar-refractivity contribution in [2.24, 2.45) is 0 Å². The van der Waals surface area contributed by atoms with Crippen molar-refractivity contribution in [3.8, 4) is 11.5 Å². The molecule has 27 heavy (non-hydrogen) atoms. The quantitative estimate of drug-likeness (QED) is 0.750. The summed E-state index contributed by atoms with van der Waals surface area (Å²) >= 11 is 3.38. The van der Waals surface area contributed by atoms with E-state index in [0.29, 0.717) is 40.6 Å². The van der Waals surface area contributed by atoms with Crippen LogP contribution in [0.15, 0.2) is 40.9 Å². The molecule has 1 aliphatic heterocycles. The highest BCUT2D eigenvalue weighted by molar-refractivity contribution is 9.10. The third kappa shape index (κ3) is 4.54. The molecule has 7 nitrogen and oxygen atoms in total. The molecule has 2 aromatic rings. The molecular weight excluding hydrogens is 436 g/mol. The summed E-state index contributed by atoms with van der Waals surface area (Å²) in [5.74, 6) is 0.642. The van der Waals surface area contributed by atoms with Gasteiger partial charge in [0, 0.05) is 16.6 Å². The molecule has 0 unspecified atom stereocenters. The lowest BCUT2D eigenvalue weighted by Gasteiger charge is -2.24. The molecule has 0 saturated heterocycles. The van der Waals surface area contributed by atoms with E-state index in [1.54, 1.807) is 37.3 Å². The highest BCUT2D eigenvalue weighted by Gasteiger charge is 2.23. The van der Waals surface area contributed by atoms with Crippen molar-refractivity contribution in [1.82, 2.24) is 0 Å². The van der Waals surface area contributed by atoms with E-state index in [1.165, 1.54) is 0 Å². The number of carbonyl (C=O) groups is 1. The standard InChI is InChI=1S/C18H19BrN2O5S/c1-12-5-3-4-6-15(12)21(27(2,23)24)11-18(22)20-14-10-17-16(9-13(14)19)25-7-8-26-17/h3-6,9-10H,7-8,11H2,1-2H3,(H,20,22). The van der Waals surface area contributed by atoms with Crippen LogP contribution in [0.25, 0.3) is 0 Å². The average Bonchev–Trinajstić information content (AvgIpc) is 2.60. The van der Waals surface area contributed by atoms with Crippen LogP contribution in [0.5, 0.6) is 11.5 Å². The first-order valence-electron chi connectivity index (χ1n) is 8.18. The van der Waals surface area contributed by atoms with Crippen LogP contribution in [-0.2, 0) is 14.8 Å². The van der Waals surface area contributed by atoms with Crippen molar-refractivity contribution in [2.75, 3.05) is 35.6 Å². The van der Waals surface area contributed by atoms with E-state index in [4.69, 9.17) is 9.47 Å². The lowest BCUT2D eigenvalue weighted by molar-refractivity contribution is -0.114. The minimum Gasteiger partial charge on any atom is -0.486 e. The molecular formula is C18H19BrN2O5S. The molecule has 144 valence electrons. The van der Waals surface area contributed by atoms with Gasteiger partial charge < -0.3 is 14.8 Å². The molecule has 1 heterocycles. The fraction of sp³-hybridized carbons (Fsp3) is 0.278. The van der Waals surface area contributed by atoms with Gasteiger partial charge in [0.1, 0.15) is 19.8 Å². The van der Waals surface area contributed by atoms with Crippen molar-refractivity contribution in [2.45, 2.75) is 6.92 Å². The predicted octanol–water partition coefficient (Wildman–Crippen LogP) is 2.93. The molecule has 2 aromatic carbocycles. The van der Waals surface area contributed by atoms with E-state index in [2.05, 4.69) is 21.2 Å². The Morgan fingerprint density at radius 3 is 2.44 bits per heavy atom. The maximum Gasteiger partial charge on any atom is 0.245 e. The molecule has 0 aliphatic carbocycles. The van der Waals surface area contributed by atoms with Crippen LogP contribution in [-0.4, -0.2) is 40.3 Å². The van der Waals surface area contributed by atoms with Crippen LogP contribution in [0.2, 0.25) is 0 Å². The number of nitrogens with one attached hydrogen (secondary N) is 1. The summed E-state index contributed by atoms with van der Waals surface area (Å²) in [6, 6.07) is 10.4. The highest BCUT2D eigenvalue weighted by Crippen LogP contribution is 2.38. The first-order chi connectivity index (χ1) is 12.8. The van der Waals surface area contributed by atoms with Gasteiger partial charge in [-0.3, -0.25) is 9.10 Å². The Labute approximate surface area is 166 Å². The zero-order valence-corrected chi connectivity index (χ0v) is 17.3. The molecule has 0 radical (unpaired) electrons. The smallest absolute Gasteiger partial charge is 0.245 e. The van der Waals surface area contributed by atoms with Crippen LogP contribution >= 0.6 is 15.9 Å². The van der Waals surface area contributed by atoms with E-state index in [0.717, 1.165) is 16.1 Å². The monoisotopic (exact) mass is 454 g/mol. The number of para-hydroxylation sites is 1. The third-order valence-electron chi connectivity index (χ3n) is 3.98. The lowest BCUT2D eigenvalue weighted by Crippen LogP contribution is -2.37. The van der Waals surface area contributed by atoms with Gasteiger partial charge in [0.05, 0.1) is 17.6 Å². The summed E-state index contributed by atoms with van der Waals surface area (Å²) in [5.41, 5.74) is 1.70.